The SMILES string of the molecule is CCC(CC)C1CC(NC(=O)N2CCC(C(=O)O)CC2)CCO1. The number of carbonyl (C=O) groups is 2. The lowest BCUT2D eigenvalue weighted by atomic mass is 9.89. The van der Waals surface area contributed by atoms with E-state index in [0.717, 1.165) is 25.7 Å². The Hall–Kier alpha value is -1.30. The van der Waals surface area contributed by atoms with Crippen molar-refractivity contribution in [2.24, 2.45) is 11.8 Å². The molecule has 0 aromatic heterocycles. The molecule has 0 aliphatic carbocycles. The molecule has 23 heavy (non-hydrogen) atoms. The number of urea groups is 1. The van der Waals surface area contributed by atoms with Gasteiger partial charge in [-0.15, -0.1) is 0 Å². The highest BCUT2D eigenvalue weighted by atomic mass is 16.5. The molecule has 132 valence electrons. The van der Waals surface area contributed by atoms with Crippen molar-refractivity contribution in [3.8, 4) is 0 Å². The van der Waals surface area contributed by atoms with Crippen molar-refractivity contribution in [3.63, 3.8) is 0 Å². The molecule has 6 heteroatoms. The van der Waals surface area contributed by atoms with Crippen LogP contribution in [0, 0.1) is 11.8 Å². The molecule has 2 amide bonds. The first-order valence-corrected chi connectivity index (χ1v) is 8.94. The molecule has 0 bridgehead atoms. The molecule has 0 radical (unpaired) electrons. The van der Waals surface area contributed by atoms with Crippen molar-refractivity contribution >= 4 is 12.0 Å². The van der Waals surface area contributed by atoms with E-state index >= 15 is 0 Å². The molecule has 2 atom stereocenters. The number of nitrogens with zero attached hydrogens (tertiary/aromatic N) is 1. The number of rotatable bonds is 5. The molecular weight excluding hydrogens is 296 g/mol. The van der Waals surface area contributed by atoms with E-state index in [-0.39, 0.29) is 24.1 Å². The lowest BCUT2D eigenvalue weighted by Gasteiger charge is -2.36. The summed E-state index contributed by atoms with van der Waals surface area (Å²) in [6.07, 6.45) is 5.27. The average molecular weight is 326 g/mol. The van der Waals surface area contributed by atoms with Gasteiger partial charge in [0.1, 0.15) is 0 Å². The zero-order valence-electron chi connectivity index (χ0n) is 14.3. The maximum atomic E-state index is 12.4. The Bertz CT molecular complexity index is 403. The number of aliphatic carboxylic acids is 1. The third-order valence-corrected chi connectivity index (χ3v) is 5.35. The van der Waals surface area contributed by atoms with Crippen LogP contribution in [0.5, 0.6) is 0 Å². The van der Waals surface area contributed by atoms with E-state index in [0.29, 0.717) is 38.5 Å². The number of nitrogens with one attached hydrogen (secondary N) is 1. The van der Waals surface area contributed by atoms with Gasteiger partial charge in [-0.3, -0.25) is 4.79 Å². The van der Waals surface area contributed by atoms with E-state index in [4.69, 9.17) is 9.84 Å². The summed E-state index contributed by atoms with van der Waals surface area (Å²) in [5.41, 5.74) is 0. The first kappa shape index (κ1) is 18.0. The molecule has 0 saturated carbocycles. The minimum atomic E-state index is -0.748. The van der Waals surface area contributed by atoms with Crippen LogP contribution in [0.15, 0.2) is 0 Å². The maximum absolute atomic E-state index is 12.4. The lowest BCUT2D eigenvalue weighted by molar-refractivity contribution is -0.143. The van der Waals surface area contributed by atoms with E-state index in [1.54, 1.807) is 4.90 Å². The molecule has 2 unspecified atom stereocenters. The van der Waals surface area contributed by atoms with Crippen LogP contribution in [0.4, 0.5) is 4.79 Å². The minimum Gasteiger partial charge on any atom is -0.481 e. The van der Waals surface area contributed by atoms with E-state index < -0.39 is 5.97 Å². The van der Waals surface area contributed by atoms with Crippen molar-refractivity contribution in [1.82, 2.24) is 10.2 Å². The van der Waals surface area contributed by atoms with Gasteiger partial charge >= 0.3 is 12.0 Å². The fourth-order valence-electron chi connectivity index (χ4n) is 3.70. The van der Waals surface area contributed by atoms with Gasteiger partial charge < -0.3 is 20.1 Å². The molecule has 2 aliphatic rings. The average Bonchev–Trinajstić information content (AvgIpc) is 2.56. The molecule has 6 nitrogen and oxygen atoms in total. The quantitative estimate of drug-likeness (QED) is 0.813. The second-order valence-corrected chi connectivity index (χ2v) is 6.76. The zero-order chi connectivity index (χ0) is 16.8. The molecule has 0 aromatic carbocycles. The Labute approximate surface area is 138 Å². The summed E-state index contributed by atoms with van der Waals surface area (Å²) in [7, 11) is 0. The molecule has 2 rings (SSSR count). The lowest BCUT2D eigenvalue weighted by Crippen LogP contribution is -2.51. The van der Waals surface area contributed by atoms with Gasteiger partial charge in [-0.25, -0.2) is 4.79 Å². The molecule has 0 spiro atoms. The number of amides is 2. The highest BCUT2D eigenvalue weighted by molar-refractivity contribution is 5.75. The van der Waals surface area contributed by atoms with Gasteiger partial charge in [-0.2, -0.15) is 0 Å². The van der Waals surface area contributed by atoms with Crippen molar-refractivity contribution in [2.75, 3.05) is 19.7 Å². The number of hydrogen-bond acceptors (Lipinski definition) is 3. The topological polar surface area (TPSA) is 78.9 Å². The molecule has 2 heterocycles. The predicted octanol–water partition coefficient (Wildman–Crippen LogP) is 2.48. The first-order valence-electron chi connectivity index (χ1n) is 8.94. The van der Waals surface area contributed by atoms with E-state index in [2.05, 4.69) is 19.2 Å². The molecular formula is C17H30N2O4. The normalized spacial score (nSPS) is 26.3. The molecule has 2 saturated heterocycles. The number of ether oxygens (including phenoxy) is 1. The van der Waals surface area contributed by atoms with Crippen LogP contribution >= 0.6 is 0 Å². The Morgan fingerprint density at radius 1 is 1.22 bits per heavy atom. The zero-order valence-corrected chi connectivity index (χ0v) is 14.3. The van der Waals surface area contributed by atoms with Crippen molar-refractivity contribution < 1.29 is 19.4 Å². The van der Waals surface area contributed by atoms with Crippen LogP contribution in [0.2, 0.25) is 0 Å². The van der Waals surface area contributed by atoms with E-state index in [9.17, 15) is 9.59 Å². The Kier molecular flexibility index (Phi) is 6.69. The van der Waals surface area contributed by atoms with Crippen molar-refractivity contribution in [3.05, 3.63) is 0 Å². The van der Waals surface area contributed by atoms with Crippen molar-refractivity contribution in [2.45, 2.75) is 64.5 Å². The smallest absolute Gasteiger partial charge is 0.317 e. The first-order chi connectivity index (χ1) is 11.0. The second-order valence-electron chi connectivity index (χ2n) is 6.76. The van der Waals surface area contributed by atoms with E-state index in [1.165, 1.54) is 0 Å². The highest BCUT2D eigenvalue weighted by Crippen LogP contribution is 2.25. The number of piperidine rings is 1. The number of likely N-dealkylation sites (tertiary alicyclic amines) is 1. The maximum Gasteiger partial charge on any atom is 0.317 e. The molecule has 2 aliphatic heterocycles. The predicted molar refractivity (Wildman–Crippen MR) is 87.3 cm³/mol. The summed E-state index contributed by atoms with van der Waals surface area (Å²) in [4.78, 5) is 25.1. The Balaban J connectivity index is 1.80. The van der Waals surface area contributed by atoms with Crippen LogP contribution in [0.3, 0.4) is 0 Å². The summed E-state index contributed by atoms with van der Waals surface area (Å²) < 4.78 is 5.89. The summed E-state index contributed by atoms with van der Waals surface area (Å²) in [6, 6.07) is 0.114. The molecule has 2 N–H and O–H groups in total. The van der Waals surface area contributed by atoms with Crippen LogP contribution in [-0.4, -0.2) is 53.8 Å². The number of carboxylic acid groups (broad SMARTS) is 1. The van der Waals surface area contributed by atoms with Crippen LogP contribution < -0.4 is 5.32 Å². The summed E-state index contributed by atoms with van der Waals surface area (Å²) in [5.74, 6) is -0.495. The largest absolute Gasteiger partial charge is 0.481 e. The summed E-state index contributed by atoms with van der Waals surface area (Å²) >= 11 is 0. The Morgan fingerprint density at radius 3 is 2.43 bits per heavy atom. The monoisotopic (exact) mass is 326 g/mol. The summed E-state index contributed by atoms with van der Waals surface area (Å²) in [6.45, 7) is 6.13. The number of hydrogen-bond donors (Lipinski definition) is 2. The second kappa shape index (κ2) is 8.52. The van der Waals surface area contributed by atoms with Crippen LogP contribution in [0.1, 0.15) is 52.4 Å². The van der Waals surface area contributed by atoms with Gasteiger partial charge in [-0.1, -0.05) is 26.7 Å². The Morgan fingerprint density at radius 2 is 1.87 bits per heavy atom. The molecule has 0 aromatic rings. The fraction of sp³-hybridized carbons (Fsp3) is 0.882. The van der Waals surface area contributed by atoms with Gasteiger partial charge in [0.15, 0.2) is 0 Å². The fourth-order valence-corrected chi connectivity index (χ4v) is 3.70. The van der Waals surface area contributed by atoms with Crippen LogP contribution in [0.25, 0.3) is 0 Å². The van der Waals surface area contributed by atoms with Gasteiger partial charge in [0.2, 0.25) is 0 Å². The third kappa shape index (κ3) is 4.83. The number of carboxylic acids is 1. The number of carbonyl (C=O) groups excluding carboxylic acids is 1. The highest BCUT2D eigenvalue weighted by Gasteiger charge is 2.31. The van der Waals surface area contributed by atoms with Gasteiger partial charge in [0.25, 0.3) is 0 Å². The van der Waals surface area contributed by atoms with Gasteiger partial charge in [-0.05, 0) is 31.6 Å². The van der Waals surface area contributed by atoms with Crippen LogP contribution in [-0.2, 0) is 9.53 Å². The summed E-state index contributed by atoms with van der Waals surface area (Å²) in [5, 5.41) is 12.1. The standard InChI is InChI=1S/C17H30N2O4/c1-3-12(4-2)15-11-14(7-10-23-15)18-17(22)19-8-5-13(6-9-19)16(20)21/h12-15H,3-11H2,1-2H3,(H,18,22)(H,20,21). The molecule has 2 fully saturated rings. The van der Waals surface area contributed by atoms with E-state index in [1.807, 2.05) is 0 Å². The van der Waals surface area contributed by atoms with Gasteiger partial charge in [0.05, 0.1) is 12.0 Å². The van der Waals surface area contributed by atoms with Gasteiger partial charge in [0, 0.05) is 25.7 Å². The third-order valence-electron chi connectivity index (χ3n) is 5.35. The minimum absolute atomic E-state index is 0.0518. The van der Waals surface area contributed by atoms with Crippen molar-refractivity contribution in [1.29, 1.82) is 0 Å².